The molecule has 3 aliphatic rings. The van der Waals surface area contributed by atoms with Crippen molar-refractivity contribution < 1.29 is 13.2 Å². The fourth-order valence-electron chi connectivity index (χ4n) is 5.20. The average Bonchev–Trinajstić information content (AvgIpc) is 2.74. The Bertz CT molecular complexity index is 568. The minimum atomic E-state index is -3.42. The number of carbonyl (C=O) groups excluding carboxylic acids is 1. The number of carbonyl (C=O) groups is 1. The molecule has 2 bridgehead atoms. The molecule has 4 atom stereocenters. The maximum atomic E-state index is 12.8. The molecule has 0 aromatic heterocycles. The number of fused-ring (bicyclic) bond motifs is 2. The molecule has 3 saturated carbocycles. The quantitative estimate of drug-likeness (QED) is 0.863. The van der Waals surface area contributed by atoms with Gasteiger partial charge in [0.15, 0.2) is 0 Å². The van der Waals surface area contributed by atoms with E-state index in [9.17, 15) is 13.2 Å². The largest absolute Gasteiger partial charge is 0.299 e. The van der Waals surface area contributed by atoms with Gasteiger partial charge < -0.3 is 0 Å². The molecule has 0 amide bonds. The van der Waals surface area contributed by atoms with Crippen LogP contribution >= 0.6 is 0 Å². The zero-order valence-electron chi connectivity index (χ0n) is 14.0. The number of sulfonamides is 1. The number of Topliss-reactive ketones (excluding diaryl/α,β-unsaturated/α-hetero) is 1. The second kappa shape index (κ2) is 5.30. The summed E-state index contributed by atoms with van der Waals surface area (Å²) in [4.78, 5) is 12.5. The third-order valence-electron chi connectivity index (χ3n) is 7.02. The zero-order chi connectivity index (χ0) is 16.2. The van der Waals surface area contributed by atoms with Crippen molar-refractivity contribution in [2.75, 3.05) is 5.75 Å². The highest BCUT2D eigenvalue weighted by molar-refractivity contribution is 7.89. The Kier molecular flexibility index (Phi) is 3.96. The Balaban J connectivity index is 1.78. The van der Waals surface area contributed by atoms with Gasteiger partial charge in [0.25, 0.3) is 0 Å². The van der Waals surface area contributed by atoms with Crippen LogP contribution in [0.1, 0.15) is 65.7 Å². The maximum absolute atomic E-state index is 12.8. The van der Waals surface area contributed by atoms with Gasteiger partial charge in [-0.1, -0.05) is 33.6 Å². The van der Waals surface area contributed by atoms with Crippen LogP contribution in [0.4, 0.5) is 0 Å². The van der Waals surface area contributed by atoms with Crippen molar-refractivity contribution in [1.29, 1.82) is 0 Å². The molecule has 0 aromatic carbocycles. The summed E-state index contributed by atoms with van der Waals surface area (Å²) in [5.74, 6) is 0.926. The van der Waals surface area contributed by atoms with Crippen molar-refractivity contribution >= 4 is 15.8 Å². The Labute approximate surface area is 134 Å². The predicted octanol–water partition coefficient (Wildman–Crippen LogP) is 2.88. The Morgan fingerprint density at radius 3 is 2.41 bits per heavy atom. The molecule has 3 rings (SSSR count). The normalized spacial score (nSPS) is 41.0. The van der Waals surface area contributed by atoms with Gasteiger partial charge in [0, 0.05) is 17.9 Å². The van der Waals surface area contributed by atoms with E-state index in [-0.39, 0.29) is 23.0 Å². The molecule has 0 spiro atoms. The molecule has 0 saturated heterocycles. The van der Waals surface area contributed by atoms with E-state index in [1.54, 1.807) is 0 Å². The van der Waals surface area contributed by atoms with Gasteiger partial charge in [-0.2, -0.15) is 0 Å². The van der Waals surface area contributed by atoms with Crippen LogP contribution in [0.3, 0.4) is 0 Å². The number of hydrogen-bond donors (Lipinski definition) is 1. The molecular weight excluding hydrogens is 298 g/mol. The summed E-state index contributed by atoms with van der Waals surface area (Å²) >= 11 is 0. The lowest BCUT2D eigenvalue weighted by atomic mass is 9.70. The van der Waals surface area contributed by atoms with Crippen LogP contribution in [0.25, 0.3) is 0 Å². The van der Waals surface area contributed by atoms with Crippen LogP contribution in [0.5, 0.6) is 0 Å². The van der Waals surface area contributed by atoms with E-state index in [0.29, 0.717) is 18.3 Å². The summed E-state index contributed by atoms with van der Waals surface area (Å²) in [6.07, 6.45) is 6.60. The van der Waals surface area contributed by atoms with Crippen LogP contribution in [0.2, 0.25) is 0 Å². The minimum absolute atomic E-state index is 0.00838. The van der Waals surface area contributed by atoms with Crippen molar-refractivity contribution in [2.45, 2.75) is 71.8 Å². The van der Waals surface area contributed by atoms with Crippen LogP contribution in [0.15, 0.2) is 0 Å². The first-order valence-electron chi connectivity index (χ1n) is 8.71. The summed E-state index contributed by atoms with van der Waals surface area (Å²) in [6, 6.07) is 0.0481. The van der Waals surface area contributed by atoms with E-state index >= 15 is 0 Å². The van der Waals surface area contributed by atoms with E-state index in [1.807, 2.05) is 0 Å². The molecule has 3 aliphatic carbocycles. The zero-order valence-corrected chi connectivity index (χ0v) is 14.8. The average molecular weight is 327 g/mol. The summed E-state index contributed by atoms with van der Waals surface area (Å²) in [5.41, 5.74) is -0.835. The molecule has 126 valence electrons. The van der Waals surface area contributed by atoms with Crippen molar-refractivity contribution in [2.24, 2.45) is 22.7 Å². The van der Waals surface area contributed by atoms with Crippen molar-refractivity contribution in [3.63, 3.8) is 0 Å². The molecule has 5 heteroatoms. The molecule has 0 radical (unpaired) electrons. The number of nitrogens with one attached hydrogen (secondary N) is 1. The van der Waals surface area contributed by atoms with Gasteiger partial charge in [-0.05, 0) is 42.9 Å². The van der Waals surface area contributed by atoms with E-state index in [1.165, 1.54) is 6.42 Å². The van der Waals surface area contributed by atoms with Crippen LogP contribution in [-0.4, -0.2) is 26.0 Å². The lowest BCUT2D eigenvalue weighted by molar-refractivity contribution is -0.128. The van der Waals surface area contributed by atoms with Gasteiger partial charge in [-0.3, -0.25) is 4.79 Å². The SMILES string of the molecule is C[C@H]1CCCC[C@H]1NS(=O)(=O)C[C@]12CC[C@H](CC1=O)C2(C)C. The summed E-state index contributed by atoms with van der Waals surface area (Å²) in [5, 5.41) is 0. The molecule has 22 heavy (non-hydrogen) atoms. The van der Waals surface area contributed by atoms with Crippen LogP contribution in [0, 0.1) is 22.7 Å². The van der Waals surface area contributed by atoms with Crippen molar-refractivity contribution in [3.8, 4) is 0 Å². The number of hydrogen-bond acceptors (Lipinski definition) is 3. The van der Waals surface area contributed by atoms with Crippen molar-refractivity contribution in [3.05, 3.63) is 0 Å². The highest BCUT2D eigenvalue weighted by Gasteiger charge is 2.65. The third kappa shape index (κ3) is 2.44. The first kappa shape index (κ1) is 16.4. The van der Waals surface area contributed by atoms with E-state index < -0.39 is 15.4 Å². The lowest BCUT2D eigenvalue weighted by Gasteiger charge is -2.37. The number of rotatable bonds is 4. The fourth-order valence-corrected chi connectivity index (χ4v) is 7.42. The van der Waals surface area contributed by atoms with Gasteiger partial charge in [0.05, 0.1) is 5.75 Å². The molecule has 4 nitrogen and oxygen atoms in total. The molecule has 0 aliphatic heterocycles. The van der Waals surface area contributed by atoms with Crippen molar-refractivity contribution in [1.82, 2.24) is 4.72 Å². The van der Waals surface area contributed by atoms with E-state index in [2.05, 4.69) is 25.5 Å². The first-order valence-corrected chi connectivity index (χ1v) is 10.4. The highest BCUT2D eigenvalue weighted by Crippen LogP contribution is 2.64. The minimum Gasteiger partial charge on any atom is -0.299 e. The Morgan fingerprint density at radius 1 is 1.18 bits per heavy atom. The van der Waals surface area contributed by atoms with Gasteiger partial charge in [-0.15, -0.1) is 0 Å². The second-order valence-electron chi connectivity index (χ2n) is 8.41. The Hall–Kier alpha value is -0.420. The van der Waals surface area contributed by atoms with Gasteiger partial charge >= 0.3 is 0 Å². The summed E-state index contributed by atoms with van der Waals surface area (Å²) in [6.45, 7) is 6.31. The van der Waals surface area contributed by atoms with Crippen LogP contribution in [-0.2, 0) is 14.8 Å². The molecule has 0 unspecified atom stereocenters. The monoisotopic (exact) mass is 327 g/mol. The van der Waals surface area contributed by atoms with E-state index in [0.717, 1.165) is 32.1 Å². The predicted molar refractivity (Wildman–Crippen MR) is 86.9 cm³/mol. The smallest absolute Gasteiger partial charge is 0.212 e. The third-order valence-corrected chi connectivity index (χ3v) is 8.55. The summed E-state index contributed by atoms with van der Waals surface area (Å²) < 4.78 is 28.4. The van der Waals surface area contributed by atoms with Gasteiger partial charge in [0.2, 0.25) is 10.0 Å². The van der Waals surface area contributed by atoms with Crippen LogP contribution < -0.4 is 4.72 Å². The molecule has 3 fully saturated rings. The van der Waals surface area contributed by atoms with Gasteiger partial charge in [-0.25, -0.2) is 13.1 Å². The Morgan fingerprint density at radius 2 is 1.86 bits per heavy atom. The first-order chi connectivity index (χ1) is 10.2. The molecule has 0 heterocycles. The standard InChI is InChI=1S/C17H29NO3S/c1-12-6-4-5-7-14(12)18-22(20,21)11-17-9-8-13(10-15(17)19)16(17,2)3/h12-14,18H,4-11H2,1-3H3/t12-,13+,14+,17+/m0/s1. The topological polar surface area (TPSA) is 63.2 Å². The second-order valence-corrected chi connectivity index (χ2v) is 10.2. The maximum Gasteiger partial charge on any atom is 0.212 e. The molecule has 1 N–H and O–H groups in total. The highest BCUT2D eigenvalue weighted by atomic mass is 32.2. The molecule has 0 aromatic rings. The summed E-state index contributed by atoms with van der Waals surface area (Å²) in [7, 11) is -3.42. The van der Waals surface area contributed by atoms with Gasteiger partial charge in [0.1, 0.15) is 5.78 Å². The van der Waals surface area contributed by atoms with E-state index in [4.69, 9.17) is 0 Å². The lowest BCUT2D eigenvalue weighted by Crippen LogP contribution is -2.49. The fraction of sp³-hybridized carbons (Fsp3) is 0.941. The molecular formula is C17H29NO3S. The number of ketones is 1.